The van der Waals surface area contributed by atoms with Gasteiger partial charge in [-0.25, -0.2) is 0 Å². The van der Waals surface area contributed by atoms with Crippen molar-refractivity contribution >= 4 is 63.5 Å². The van der Waals surface area contributed by atoms with Crippen LogP contribution in [0, 0.1) is 0 Å². The minimum absolute atomic E-state index is 0.456. The summed E-state index contributed by atoms with van der Waals surface area (Å²) in [5.74, 6) is 4.29. The van der Waals surface area contributed by atoms with Crippen LogP contribution in [0.5, 0.6) is 23.0 Å². The number of rotatable bonds is 7. The largest absolute Gasteiger partial charge is 0.453 e. The highest BCUT2D eigenvalue weighted by molar-refractivity contribution is 7.19. The molecule has 2 aliphatic rings. The van der Waals surface area contributed by atoms with Crippen LogP contribution in [-0.4, -0.2) is 23.0 Å². The molecule has 0 saturated heterocycles. The Morgan fingerprint density at radius 1 is 0.322 bits per heavy atom. The molecule has 0 unspecified atom stereocenters. The zero-order chi connectivity index (χ0) is 39.2. The van der Waals surface area contributed by atoms with Crippen LogP contribution < -0.4 is 40.0 Å². The van der Waals surface area contributed by atoms with Gasteiger partial charge in [0, 0.05) is 5.56 Å². The maximum Gasteiger partial charge on any atom is 0.240 e. The van der Waals surface area contributed by atoms with Crippen LogP contribution in [0.3, 0.4) is 0 Å². The molecule has 0 atom stereocenters. The van der Waals surface area contributed by atoms with E-state index in [1.165, 1.54) is 20.7 Å². The van der Waals surface area contributed by atoms with Crippen LogP contribution >= 0.6 is 0 Å². The standard InChI is InChI=1S/C51H35N5O2Si/c1-4-20-37(21-5-1)59(38-22-6-2-7-23-38,39-24-8-3-9-25-39)40-26-18-19-36(35-40)49-52-50(55-41-27-10-14-31-45(41)57-46-32-15-11-28-42(46)55)54-51(53-49)56-43-29-12-16-33-47(43)58-48-34-17-13-30-44(48)56/h1-35H. The highest BCUT2D eigenvalue weighted by Gasteiger charge is 2.42. The first-order valence-corrected chi connectivity index (χ1v) is 21.6. The first-order chi connectivity index (χ1) is 29.3. The maximum atomic E-state index is 6.43. The lowest BCUT2D eigenvalue weighted by molar-refractivity contribution is 0.476. The summed E-state index contributed by atoms with van der Waals surface area (Å²) in [4.78, 5) is 20.2. The SMILES string of the molecule is c1ccc([Si](c2ccccc2)(c2ccccc2)c2cccc(-c3nc(N4c5ccccc5Oc5ccccc54)nc(N4c5ccccc5Oc5ccccc54)n3)c2)cc1. The fourth-order valence-corrected chi connectivity index (χ4v) is 13.3. The minimum Gasteiger partial charge on any atom is -0.453 e. The zero-order valence-electron chi connectivity index (χ0n) is 31.8. The molecule has 0 N–H and O–H groups in total. The Bertz CT molecular complexity index is 2680. The summed E-state index contributed by atoms with van der Waals surface area (Å²) >= 11 is 0. The second-order valence-corrected chi connectivity index (χ2v) is 18.2. The quantitative estimate of drug-likeness (QED) is 0.118. The second-order valence-electron chi connectivity index (χ2n) is 14.4. The van der Waals surface area contributed by atoms with Gasteiger partial charge >= 0.3 is 0 Å². The lowest BCUT2D eigenvalue weighted by atomic mass is 10.1. The molecule has 0 bridgehead atoms. The van der Waals surface area contributed by atoms with Crippen LogP contribution in [0.4, 0.5) is 34.6 Å². The third-order valence-corrected chi connectivity index (χ3v) is 15.8. The van der Waals surface area contributed by atoms with Crippen LogP contribution in [0.2, 0.25) is 0 Å². The van der Waals surface area contributed by atoms with E-state index in [2.05, 4.69) is 125 Å². The van der Waals surface area contributed by atoms with Gasteiger partial charge in [-0.3, -0.25) is 9.80 Å². The summed E-state index contributed by atoms with van der Waals surface area (Å²) < 4.78 is 12.9. The Balaban J connectivity index is 1.18. The molecule has 0 fully saturated rings. The first kappa shape index (κ1) is 34.4. The number of hydrogen-bond donors (Lipinski definition) is 0. The predicted molar refractivity (Wildman–Crippen MR) is 238 cm³/mol. The topological polar surface area (TPSA) is 63.6 Å². The van der Waals surface area contributed by atoms with E-state index in [4.69, 9.17) is 24.4 Å². The molecule has 0 spiro atoms. The molecule has 280 valence electrons. The van der Waals surface area contributed by atoms with Gasteiger partial charge in [-0.15, -0.1) is 0 Å². The van der Waals surface area contributed by atoms with Crippen molar-refractivity contribution in [2.45, 2.75) is 0 Å². The van der Waals surface area contributed by atoms with Gasteiger partial charge in [0.25, 0.3) is 0 Å². The number of aromatic nitrogens is 3. The van der Waals surface area contributed by atoms with Crippen molar-refractivity contribution < 1.29 is 9.47 Å². The van der Waals surface area contributed by atoms with E-state index in [9.17, 15) is 0 Å². The molecule has 7 nitrogen and oxygen atoms in total. The van der Waals surface area contributed by atoms with Crippen molar-refractivity contribution in [1.29, 1.82) is 0 Å². The Labute approximate surface area is 343 Å². The summed E-state index contributed by atoms with van der Waals surface area (Å²) in [7, 11) is -2.87. The van der Waals surface area contributed by atoms with E-state index in [0.717, 1.165) is 28.3 Å². The lowest BCUT2D eigenvalue weighted by Crippen LogP contribution is -2.74. The average molecular weight is 778 g/mol. The molecule has 0 amide bonds. The highest BCUT2D eigenvalue weighted by atomic mass is 28.3. The van der Waals surface area contributed by atoms with Gasteiger partial charge in [0.15, 0.2) is 36.9 Å². The van der Waals surface area contributed by atoms with Gasteiger partial charge in [-0.05, 0) is 69.3 Å². The number of hydrogen-bond acceptors (Lipinski definition) is 7. The van der Waals surface area contributed by atoms with Gasteiger partial charge in [0.05, 0.1) is 22.7 Å². The van der Waals surface area contributed by atoms with Crippen molar-refractivity contribution in [3.63, 3.8) is 0 Å². The highest BCUT2D eigenvalue weighted by Crippen LogP contribution is 2.52. The van der Waals surface area contributed by atoms with Crippen molar-refractivity contribution in [2.75, 3.05) is 9.80 Å². The molecule has 1 aromatic heterocycles. The summed E-state index contributed by atoms with van der Waals surface area (Å²) in [5.41, 5.74) is 4.18. The summed E-state index contributed by atoms with van der Waals surface area (Å²) in [5, 5.41) is 5.07. The Hall–Kier alpha value is -7.81. The van der Waals surface area contributed by atoms with Crippen molar-refractivity contribution in [2.24, 2.45) is 0 Å². The maximum absolute atomic E-state index is 6.43. The van der Waals surface area contributed by atoms with E-state index in [1.54, 1.807) is 0 Å². The Morgan fingerprint density at radius 2 is 0.661 bits per heavy atom. The van der Waals surface area contributed by atoms with Crippen LogP contribution in [-0.2, 0) is 0 Å². The van der Waals surface area contributed by atoms with E-state index in [0.29, 0.717) is 40.7 Å². The third-order valence-electron chi connectivity index (χ3n) is 11.1. The molecule has 8 heteroatoms. The minimum atomic E-state index is -2.87. The fourth-order valence-electron chi connectivity index (χ4n) is 8.48. The number of benzene rings is 8. The van der Waals surface area contributed by atoms with Crippen LogP contribution in [0.1, 0.15) is 0 Å². The Morgan fingerprint density at radius 3 is 1.05 bits per heavy atom. The smallest absolute Gasteiger partial charge is 0.240 e. The summed E-state index contributed by atoms with van der Waals surface area (Å²) in [6, 6.07) is 73.6. The summed E-state index contributed by atoms with van der Waals surface area (Å²) in [6.45, 7) is 0. The van der Waals surface area contributed by atoms with Gasteiger partial charge in [-0.1, -0.05) is 164 Å². The van der Waals surface area contributed by atoms with E-state index in [1.807, 2.05) is 97.1 Å². The van der Waals surface area contributed by atoms with Crippen molar-refractivity contribution in [1.82, 2.24) is 15.0 Å². The number of ether oxygens (including phenoxy) is 2. The monoisotopic (exact) mass is 777 g/mol. The number of fused-ring (bicyclic) bond motifs is 4. The number of para-hydroxylation sites is 8. The first-order valence-electron chi connectivity index (χ1n) is 19.6. The molecule has 0 radical (unpaired) electrons. The van der Waals surface area contributed by atoms with Gasteiger partial charge in [0.1, 0.15) is 0 Å². The molecule has 2 aliphatic heterocycles. The molecular formula is C51H35N5O2Si. The third kappa shape index (κ3) is 5.76. The average Bonchev–Trinajstić information content (AvgIpc) is 3.31. The second kappa shape index (κ2) is 14.3. The lowest BCUT2D eigenvalue weighted by Gasteiger charge is -2.35. The number of anilines is 6. The Kier molecular flexibility index (Phi) is 8.34. The van der Waals surface area contributed by atoms with E-state index >= 15 is 0 Å². The normalized spacial score (nSPS) is 12.6. The van der Waals surface area contributed by atoms with E-state index < -0.39 is 8.07 Å². The fraction of sp³-hybridized carbons (Fsp3) is 0. The van der Waals surface area contributed by atoms with Crippen molar-refractivity contribution in [3.05, 3.63) is 212 Å². The molecule has 0 saturated carbocycles. The molecule has 11 rings (SSSR count). The van der Waals surface area contributed by atoms with Crippen molar-refractivity contribution in [3.8, 4) is 34.4 Å². The molecular weight excluding hydrogens is 743 g/mol. The summed E-state index contributed by atoms with van der Waals surface area (Å²) in [6.07, 6.45) is 0. The predicted octanol–water partition coefficient (Wildman–Crippen LogP) is 10.1. The molecule has 8 aromatic carbocycles. The van der Waals surface area contributed by atoms with E-state index in [-0.39, 0.29) is 0 Å². The van der Waals surface area contributed by atoms with Gasteiger partial charge in [-0.2, -0.15) is 15.0 Å². The van der Waals surface area contributed by atoms with Gasteiger partial charge < -0.3 is 9.47 Å². The van der Waals surface area contributed by atoms with Crippen LogP contribution in [0.25, 0.3) is 11.4 Å². The molecule has 59 heavy (non-hydrogen) atoms. The number of nitrogens with zero attached hydrogens (tertiary/aromatic N) is 5. The molecule has 9 aromatic rings. The molecule has 3 heterocycles. The van der Waals surface area contributed by atoms with Gasteiger partial charge in [0.2, 0.25) is 11.9 Å². The zero-order valence-corrected chi connectivity index (χ0v) is 32.8. The van der Waals surface area contributed by atoms with Crippen LogP contribution in [0.15, 0.2) is 212 Å². The molecule has 0 aliphatic carbocycles.